The Morgan fingerprint density at radius 3 is 2.53 bits per heavy atom. The molecule has 0 heterocycles. The normalized spacial score (nSPS) is 16.3. The predicted octanol–water partition coefficient (Wildman–Crippen LogP) is 5.64. The Labute approximate surface area is 130 Å². The van der Waals surface area contributed by atoms with Gasteiger partial charge in [0, 0.05) is 28.6 Å². The molecule has 1 fully saturated rings. The molecule has 0 aromatic heterocycles. The summed E-state index contributed by atoms with van der Waals surface area (Å²) in [6.07, 6.45) is 5.38. The lowest BCUT2D eigenvalue weighted by Crippen LogP contribution is -2.36. The fourth-order valence-electron chi connectivity index (χ4n) is 2.90. The quantitative estimate of drug-likeness (QED) is 0.625. The molecule has 2 rings (SSSR count). The third kappa shape index (κ3) is 3.88. The molecule has 1 aliphatic carbocycles. The van der Waals surface area contributed by atoms with Crippen molar-refractivity contribution in [3.63, 3.8) is 0 Å². The van der Waals surface area contributed by atoms with Crippen molar-refractivity contribution in [1.29, 1.82) is 0 Å². The fraction of sp³-hybridized carbons (Fsp3) is 0.625. The molecule has 3 heteroatoms. The highest BCUT2D eigenvalue weighted by atomic mass is 79.9. The Morgan fingerprint density at radius 2 is 2.00 bits per heavy atom. The lowest BCUT2D eigenvalue weighted by molar-refractivity contribution is 0.536. The monoisotopic (exact) mass is 343 g/mol. The molecule has 0 aliphatic heterocycles. The van der Waals surface area contributed by atoms with Gasteiger partial charge in [-0.25, -0.2) is 0 Å². The van der Waals surface area contributed by atoms with Crippen LogP contribution < -0.4 is 4.90 Å². The molecule has 0 N–H and O–H groups in total. The topological polar surface area (TPSA) is 3.24 Å². The second-order valence-electron chi connectivity index (χ2n) is 5.89. The summed E-state index contributed by atoms with van der Waals surface area (Å²) < 4.78 is 0. The van der Waals surface area contributed by atoms with Crippen molar-refractivity contribution in [3.8, 4) is 0 Å². The molecule has 0 amide bonds. The largest absolute Gasteiger partial charge is 0.368 e. The average molecular weight is 345 g/mol. The minimum atomic E-state index is 0.676. The van der Waals surface area contributed by atoms with E-state index in [1.54, 1.807) is 0 Å². The van der Waals surface area contributed by atoms with E-state index in [9.17, 15) is 0 Å². The van der Waals surface area contributed by atoms with Crippen LogP contribution in [-0.4, -0.2) is 12.6 Å². The highest BCUT2D eigenvalue weighted by Gasteiger charge is 2.23. The summed E-state index contributed by atoms with van der Waals surface area (Å²) in [7, 11) is 0. The van der Waals surface area contributed by atoms with Gasteiger partial charge in [0.15, 0.2) is 0 Å². The van der Waals surface area contributed by atoms with E-state index in [0.717, 1.165) is 16.9 Å². The van der Waals surface area contributed by atoms with Crippen LogP contribution in [0.3, 0.4) is 0 Å². The smallest absolute Gasteiger partial charge is 0.0467 e. The zero-order valence-electron chi connectivity index (χ0n) is 11.8. The molecule has 0 bridgehead atoms. The minimum absolute atomic E-state index is 0.676. The lowest BCUT2D eigenvalue weighted by Gasteiger charge is -2.33. The van der Waals surface area contributed by atoms with E-state index in [1.165, 1.54) is 36.9 Å². The number of hydrogen-bond acceptors (Lipinski definition) is 1. The number of nitrogens with zero attached hydrogens (tertiary/aromatic N) is 1. The van der Waals surface area contributed by atoms with E-state index in [0.29, 0.717) is 12.0 Å². The van der Waals surface area contributed by atoms with E-state index in [2.05, 4.69) is 52.9 Å². The maximum absolute atomic E-state index is 6.36. The number of hydrogen-bond donors (Lipinski definition) is 0. The summed E-state index contributed by atoms with van der Waals surface area (Å²) in [5.41, 5.74) is 2.46. The van der Waals surface area contributed by atoms with Gasteiger partial charge in [-0.15, -0.1) is 0 Å². The molecule has 0 saturated heterocycles. The van der Waals surface area contributed by atoms with Crippen molar-refractivity contribution in [3.05, 3.63) is 28.8 Å². The van der Waals surface area contributed by atoms with Gasteiger partial charge < -0.3 is 4.90 Å². The molecule has 19 heavy (non-hydrogen) atoms. The first-order valence-electron chi connectivity index (χ1n) is 7.23. The van der Waals surface area contributed by atoms with Crippen LogP contribution in [0.15, 0.2) is 18.2 Å². The zero-order valence-corrected chi connectivity index (χ0v) is 14.2. The van der Waals surface area contributed by atoms with Gasteiger partial charge in [0.25, 0.3) is 0 Å². The van der Waals surface area contributed by atoms with E-state index < -0.39 is 0 Å². The summed E-state index contributed by atoms with van der Waals surface area (Å²) in [5, 5.41) is 1.70. The number of halogens is 2. The van der Waals surface area contributed by atoms with Crippen LogP contribution in [0.25, 0.3) is 0 Å². The number of anilines is 1. The maximum Gasteiger partial charge on any atom is 0.0467 e. The molecule has 1 saturated carbocycles. The molecule has 0 spiro atoms. The molecule has 0 radical (unpaired) electrons. The van der Waals surface area contributed by atoms with Crippen molar-refractivity contribution in [1.82, 2.24) is 0 Å². The van der Waals surface area contributed by atoms with Crippen LogP contribution in [0.1, 0.15) is 45.1 Å². The maximum atomic E-state index is 6.36. The van der Waals surface area contributed by atoms with Crippen LogP contribution in [0.2, 0.25) is 5.02 Å². The molecule has 0 unspecified atom stereocenters. The van der Waals surface area contributed by atoms with Crippen LogP contribution in [-0.2, 0) is 5.33 Å². The van der Waals surface area contributed by atoms with E-state index in [-0.39, 0.29) is 0 Å². The summed E-state index contributed by atoms with van der Waals surface area (Å²) in [4.78, 5) is 2.57. The third-order valence-corrected chi connectivity index (χ3v) is 4.80. The van der Waals surface area contributed by atoms with Gasteiger partial charge in [-0.2, -0.15) is 0 Å². The van der Waals surface area contributed by atoms with Gasteiger partial charge in [0.05, 0.1) is 0 Å². The fourth-order valence-corrected chi connectivity index (χ4v) is 3.79. The van der Waals surface area contributed by atoms with Crippen molar-refractivity contribution in [2.75, 3.05) is 11.4 Å². The van der Waals surface area contributed by atoms with Gasteiger partial charge in [-0.3, -0.25) is 0 Å². The van der Waals surface area contributed by atoms with Crippen LogP contribution >= 0.6 is 27.5 Å². The van der Waals surface area contributed by atoms with Crippen molar-refractivity contribution in [2.45, 2.75) is 50.9 Å². The van der Waals surface area contributed by atoms with E-state index in [4.69, 9.17) is 11.6 Å². The molecule has 1 nitrogen and oxygen atoms in total. The second-order valence-corrected chi connectivity index (χ2v) is 6.86. The van der Waals surface area contributed by atoms with Gasteiger partial charge in [0.2, 0.25) is 0 Å². The standard InChI is InChI=1S/C16H23BrClN/c1-12(2)11-19(14-5-3-4-6-14)15-8-7-13(10-17)16(18)9-15/h7-9,12,14H,3-6,10-11H2,1-2H3. The Balaban J connectivity index is 2.23. The number of benzene rings is 1. The number of alkyl halides is 1. The van der Waals surface area contributed by atoms with Crippen LogP contribution in [0.5, 0.6) is 0 Å². The summed E-state index contributed by atoms with van der Waals surface area (Å²) in [5.74, 6) is 0.676. The molecular formula is C16H23BrClN. The molecule has 0 atom stereocenters. The molecule has 1 aromatic rings. The van der Waals surface area contributed by atoms with Crippen molar-refractivity contribution < 1.29 is 0 Å². The van der Waals surface area contributed by atoms with Crippen LogP contribution in [0.4, 0.5) is 5.69 Å². The van der Waals surface area contributed by atoms with Gasteiger partial charge in [0.1, 0.15) is 0 Å². The summed E-state index contributed by atoms with van der Waals surface area (Å²) in [6.45, 7) is 5.70. The van der Waals surface area contributed by atoms with Gasteiger partial charge in [-0.1, -0.05) is 60.3 Å². The van der Waals surface area contributed by atoms with E-state index in [1.807, 2.05) is 0 Å². The van der Waals surface area contributed by atoms with Gasteiger partial charge in [-0.05, 0) is 36.5 Å². The lowest BCUT2D eigenvalue weighted by atomic mass is 10.1. The Hall–Kier alpha value is -0.210. The zero-order chi connectivity index (χ0) is 13.8. The van der Waals surface area contributed by atoms with Gasteiger partial charge >= 0.3 is 0 Å². The van der Waals surface area contributed by atoms with Crippen LogP contribution in [0, 0.1) is 5.92 Å². The molecule has 1 aliphatic rings. The Bertz CT molecular complexity index is 413. The number of rotatable bonds is 5. The summed E-state index contributed by atoms with van der Waals surface area (Å²) in [6, 6.07) is 7.21. The molecule has 106 valence electrons. The van der Waals surface area contributed by atoms with E-state index >= 15 is 0 Å². The van der Waals surface area contributed by atoms with Crippen molar-refractivity contribution >= 4 is 33.2 Å². The third-order valence-electron chi connectivity index (χ3n) is 3.84. The first kappa shape index (κ1) is 15.2. The Morgan fingerprint density at radius 1 is 1.32 bits per heavy atom. The summed E-state index contributed by atoms with van der Waals surface area (Å²) >= 11 is 9.84. The second kappa shape index (κ2) is 6.99. The first-order valence-corrected chi connectivity index (χ1v) is 8.72. The molecule has 1 aromatic carbocycles. The van der Waals surface area contributed by atoms with Crippen molar-refractivity contribution in [2.24, 2.45) is 5.92 Å². The SMILES string of the molecule is CC(C)CN(c1ccc(CBr)c(Cl)c1)C1CCCC1. The first-order chi connectivity index (χ1) is 9.11. The Kier molecular flexibility index (Phi) is 5.58. The molecular weight excluding hydrogens is 322 g/mol. The predicted molar refractivity (Wildman–Crippen MR) is 88.5 cm³/mol. The highest BCUT2D eigenvalue weighted by Crippen LogP contribution is 2.32. The highest BCUT2D eigenvalue weighted by molar-refractivity contribution is 9.08. The minimum Gasteiger partial charge on any atom is -0.368 e. The average Bonchev–Trinajstić information content (AvgIpc) is 2.89.